The molecule has 3 rings (SSSR count). The van der Waals surface area contributed by atoms with E-state index in [-0.39, 0.29) is 0 Å². The highest BCUT2D eigenvalue weighted by molar-refractivity contribution is 7.99. The van der Waals surface area contributed by atoms with E-state index in [1.165, 1.54) is 12.8 Å². The predicted molar refractivity (Wildman–Crippen MR) is 80.0 cm³/mol. The van der Waals surface area contributed by atoms with Crippen LogP contribution in [0.1, 0.15) is 19.8 Å². The highest BCUT2D eigenvalue weighted by Gasteiger charge is 2.33. The zero-order chi connectivity index (χ0) is 13.9. The fourth-order valence-electron chi connectivity index (χ4n) is 2.82. The molecule has 0 bridgehead atoms. The molecule has 6 heteroatoms. The van der Waals surface area contributed by atoms with Gasteiger partial charge in [0.05, 0.1) is 5.69 Å². The van der Waals surface area contributed by atoms with Gasteiger partial charge < -0.3 is 5.32 Å². The van der Waals surface area contributed by atoms with Crippen LogP contribution in [0.4, 0.5) is 0 Å². The largest absolute Gasteiger partial charge is 0.317 e. The van der Waals surface area contributed by atoms with Crippen molar-refractivity contribution >= 4 is 11.8 Å². The van der Waals surface area contributed by atoms with E-state index in [2.05, 4.69) is 27.8 Å². The summed E-state index contributed by atoms with van der Waals surface area (Å²) in [5.74, 6) is 0.630. The van der Waals surface area contributed by atoms with Crippen molar-refractivity contribution in [3.8, 4) is 5.69 Å². The van der Waals surface area contributed by atoms with Crippen molar-refractivity contribution in [1.82, 2.24) is 25.5 Å². The first-order chi connectivity index (χ1) is 9.79. The lowest BCUT2D eigenvalue weighted by molar-refractivity contribution is 0.463. The molecule has 0 radical (unpaired) electrons. The first kappa shape index (κ1) is 13.6. The Morgan fingerprint density at radius 1 is 1.25 bits per heavy atom. The Balaban J connectivity index is 1.78. The van der Waals surface area contributed by atoms with Gasteiger partial charge in [0.1, 0.15) is 0 Å². The summed E-state index contributed by atoms with van der Waals surface area (Å²) >= 11 is 1.79. The second kappa shape index (κ2) is 5.93. The van der Waals surface area contributed by atoms with Crippen LogP contribution in [0.3, 0.4) is 0 Å². The first-order valence-corrected chi connectivity index (χ1v) is 7.85. The summed E-state index contributed by atoms with van der Waals surface area (Å²) in [4.78, 5) is 0. The number of hydrogen-bond donors (Lipinski definition) is 1. The topological polar surface area (TPSA) is 55.6 Å². The summed E-state index contributed by atoms with van der Waals surface area (Å²) in [5, 5.41) is 17.0. The van der Waals surface area contributed by atoms with E-state index in [1.54, 1.807) is 11.8 Å². The van der Waals surface area contributed by atoms with Crippen LogP contribution in [0.2, 0.25) is 0 Å². The van der Waals surface area contributed by atoms with Crippen molar-refractivity contribution in [1.29, 1.82) is 0 Å². The highest BCUT2D eigenvalue weighted by Crippen LogP contribution is 2.38. The minimum atomic E-state index is 0.570. The fourth-order valence-corrected chi connectivity index (χ4v) is 4.08. The normalized spacial score (nSPS) is 26.0. The molecule has 3 atom stereocenters. The van der Waals surface area contributed by atoms with Crippen LogP contribution in [-0.4, -0.2) is 38.5 Å². The van der Waals surface area contributed by atoms with Crippen LogP contribution in [-0.2, 0) is 0 Å². The Bertz CT molecular complexity index is 556. The molecule has 1 aromatic carbocycles. The third-order valence-electron chi connectivity index (χ3n) is 4.05. The van der Waals surface area contributed by atoms with Crippen molar-refractivity contribution in [2.45, 2.75) is 36.2 Å². The van der Waals surface area contributed by atoms with Gasteiger partial charge in [0.2, 0.25) is 5.16 Å². The maximum atomic E-state index is 4.19. The van der Waals surface area contributed by atoms with Gasteiger partial charge in [0, 0.05) is 11.3 Å². The summed E-state index contributed by atoms with van der Waals surface area (Å²) in [5.41, 5.74) is 1.01. The maximum absolute atomic E-state index is 4.19. The molecule has 1 aliphatic carbocycles. The van der Waals surface area contributed by atoms with Crippen LogP contribution < -0.4 is 5.32 Å². The third-order valence-corrected chi connectivity index (χ3v) is 5.49. The number of nitrogens with one attached hydrogen (secondary N) is 1. The molecule has 1 aliphatic rings. The van der Waals surface area contributed by atoms with Crippen LogP contribution in [0.25, 0.3) is 5.69 Å². The molecular weight excluding hydrogens is 270 g/mol. The lowest BCUT2D eigenvalue weighted by Gasteiger charge is -2.19. The second-order valence-electron chi connectivity index (χ2n) is 5.20. The molecule has 1 saturated carbocycles. The lowest BCUT2D eigenvalue weighted by Crippen LogP contribution is -2.30. The minimum Gasteiger partial charge on any atom is -0.317 e. The van der Waals surface area contributed by atoms with E-state index in [1.807, 2.05) is 42.1 Å². The third kappa shape index (κ3) is 2.58. The molecule has 2 aromatic rings. The molecular formula is C14H19N5S. The molecule has 1 heterocycles. The molecule has 1 N–H and O–H groups in total. The quantitative estimate of drug-likeness (QED) is 0.934. The molecule has 106 valence electrons. The van der Waals surface area contributed by atoms with Gasteiger partial charge >= 0.3 is 0 Å². The smallest absolute Gasteiger partial charge is 0.214 e. The van der Waals surface area contributed by atoms with E-state index in [0.29, 0.717) is 17.2 Å². The summed E-state index contributed by atoms with van der Waals surface area (Å²) in [6.45, 7) is 2.31. The predicted octanol–water partition coefficient (Wildman–Crippen LogP) is 2.14. The van der Waals surface area contributed by atoms with Gasteiger partial charge in [-0.05, 0) is 48.4 Å². The van der Waals surface area contributed by atoms with Crippen LogP contribution in [0.5, 0.6) is 0 Å². The van der Waals surface area contributed by atoms with Crippen molar-refractivity contribution in [2.75, 3.05) is 7.05 Å². The second-order valence-corrected chi connectivity index (χ2v) is 6.40. The Morgan fingerprint density at radius 3 is 2.75 bits per heavy atom. The van der Waals surface area contributed by atoms with Gasteiger partial charge in [-0.15, -0.1) is 5.10 Å². The van der Waals surface area contributed by atoms with Gasteiger partial charge in [-0.1, -0.05) is 36.9 Å². The summed E-state index contributed by atoms with van der Waals surface area (Å²) in [6, 6.07) is 10.6. The van der Waals surface area contributed by atoms with E-state index >= 15 is 0 Å². The standard InChI is InChI=1S/C14H19N5S/c1-10-12(15-2)8-9-13(10)20-14-16-17-18-19(14)11-6-4-3-5-7-11/h3-7,10,12-13,15H,8-9H2,1-2H3. The Labute approximate surface area is 123 Å². The fraction of sp³-hybridized carbons (Fsp3) is 0.500. The number of aromatic nitrogens is 4. The number of benzene rings is 1. The van der Waals surface area contributed by atoms with Crippen molar-refractivity contribution < 1.29 is 0 Å². The molecule has 0 spiro atoms. The Kier molecular flexibility index (Phi) is 4.03. The number of tetrazole rings is 1. The van der Waals surface area contributed by atoms with Crippen molar-refractivity contribution in [2.24, 2.45) is 5.92 Å². The van der Waals surface area contributed by atoms with E-state index in [4.69, 9.17) is 0 Å². The van der Waals surface area contributed by atoms with Crippen molar-refractivity contribution in [3.05, 3.63) is 30.3 Å². The molecule has 0 saturated heterocycles. The molecule has 1 fully saturated rings. The van der Waals surface area contributed by atoms with Crippen molar-refractivity contribution in [3.63, 3.8) is 0 Å². The minimum absolute atomic E-state index is 0.570. The number of para-hydroxylation sites is 1. The Morgan fingerprint density at radius 2 is 2.05 bits per heavy atom. The summed E-state index contributed by atoms with van der Waals surface area (Å²) in [7, 11) is 2.04. The lowest BCUT2D eigenvalue weighted by atomic mass is 10.1. The first-order valence-electron chi connectivity index (χ1n) is 6.97. The van der Waals surface area contributed by atoms with Gasteiger partial charge in [-0.25, -0.2) is 0 Å². The average molecular weight is 289 g/mol. The zero-order valence-electron chi connectivity index (χ0n) is 11.7. The number of hydrogen-bond acceptors (Lipinski definition) is 5. The molecule has 5 nitrogen and oxygen atoms in total. The van der Waals surface area contributed by atoms with Crippen LogP contribution >= 0.6 is 11.8 Å². The van der Waals surface area contributed by atoms with Gasteiger partial charge in [-0.3, -0.25) is 0 Å². The number of nitrogens with zero attached hydrogens (tertiary/aromatic N) is 4. The Hall–Kier alpha value is -1.40. The number of thioether (sulfide) groups is 1. The molecule has 20 heavy (non-hydrogen) atoms. The van der Waals surface area contributed by atoms with Crippen LogP contribution in [0.15, 0.2) is 35.5 Å². The molecule has 0 amide bonds. The zero-order valence-corrected chi connectivity index (χ0v) is 12.5. The van der Waals surface area contributed by atoms with Gasteiger partial charge in [-0.2, -0.15) is 4.68 Å². The van der Waals surface area contributed by atoms with E-state index in [0.717, 1.165) is 10.8 Å². The van der Waals surface area contributed by atoms with Gasteiger partial charge in [0.25, 0.3) is 0 Å². The van der Waals surface area contributed by atoms with Gasteiger partial charge in [0.15, 0.2) is 0 Å². The van der Waals surface area contributed by atoms with Crippen LogP contribution in [0, 0.1) is 5.92 Å². The molecule has 3 unspecified atom stereocenters. The summed E-state index contributed by atoms with van der Waals surface area (Å²) in [6.07, 6.45) is 2.43. The summed E-state index contributed by atoms with van der Waals surface area (Å²) < 4.78 is 1.82. The molecule has 0 aliphatic heterocycles. The maximum Gasteiger partial charge on any atom is 0.214 e. The monoisotopic (exact) mass is 289 g/mol. The number of rotatable bonds is 4. The highest BCUT2D eigenvalue weighted by atomic mass is 32.2. The van der Waals surface area contributed by atoms with E-state index in [9.17, 15) is 0 Å². The SMILES string of the molecule is CNC1CCC(Sc2nnnn2-c2ccccc2)C1C. The molecule has 1 aromatic heterocycles. The van der Waals surface area contributed by atoms with E-state index < -0.39 is 0 Å². The average Bonchev–Trinajstić information content (AvgIpc) is 3.08.